The second-order valence-corrected chi connectivity index (χ2v) is 5.18. The predicted octanol–water partition coefficient (Wildman–Crippen LogP) is 2.76. The molecule has 2 fully saturated rings. The highest BCUT2D eigenvalue weighted by Crippen LogP contribution is 2.37. The third-order valence-electron chi connectivity index (χ3n) is 3.59. The van der Waals surface area contributed by atoms with Crippen molar-refractivity contribution < 1.29 is 9.90 Å². The molecule has 0 spiro atoms. The lowest BCUT2D eigenvalue weighted by Crippen LogP contribution is -2.27. The van der Waals surface area contributed by atoms with Gasteiger partial charge in [0.15, 0.2) is 0 Å². The number of carboxylic acid groups (broad SMARTS) is 1. The van der Waals surface area contributed by atoms with Gasteiger partial charge in [-0.25, -0.2) is 4.79 Å². The fourth-order valence-electron chi connectivity index (χ4n) is 2.23. The highest BCUT2D eigenvalue weighted by molar-refractivity contribution is 5.88. The molecule has 0 atom stereocenters. The van der Waals surface area contributed by atoms with Gasteiger partial charge >= 0.3 is 5.97 Å². The highest BCUT2D eigenvalue weighted by atomic mass is 16.4. The van der Waals surface area contributed by atoms with Crippen LogP contribution in [0, 0.1) is 5.92 Å². The van der Waals surface area contributed by atoms with E-state index in [4.69, 9.17) is 5.11 Å². The second-order valence-electron chi connectivity index (χ2n) is 5.18. The summed E-state index contributed by atoms with van der Waals surface area (Å²) in [4.78, 5) is 13.3. The maximum Gasteiger partial charge on any atom is 0.335 e. The Morgan fingerprint density at radius 3 is 2.29 bits per heavy atom. The van der Waals surface area contributed by atoms with Crippen molar-refractivity contribution in [3.63, 3.8) is 0 Å². The summed E-state index contributed by atoms with van der Waals surface area (Å²) in [7, 11) is 0. The van der Waals surface area contributed by atoms with Crippen molar-refractivity contribution >= 4 is 11.7 Å². The topological polar surface area (TPSA) is 40.5 Å². The fraction of sp³-hybridized carbons (Fsp3) is 0.500. The van der Waals surface area contributed by atoms with Crippen LogP contribution >= 0.6 is 0 Å². The van der Waals surface area contributed by atoms with Crippen molar-refractivity contribution in [1.29, 1.82) is 0 Å². The third kappa shape index (κ3) is 2.43. The first-order valence-electron chi connectivity index (χ1n) is 6.34. The molecule has 3 rings (SSSR count). The molecule has 0 radical (unpaired) electrons. The first-order chi connectivity index (χ1) is 8.24. The van der Waals surface area contributed by atoms with E-state index in [0.717, 1.165) is 12.5 Å². The lowest BCUT2D eigenvalue weighted by molar-refractivity contribution is 0.0697. The van der Waals surface area contributed by atoms with E-state index >= 15 is 0 Å². The van der Waals surface area contributed by atoms with Crippen molar-refractivity contribution in [2.45, 2.75) is 31.7 Å². The molecule has 0 bridgehead atoms. The predicted molar refractivity (Wildman–Crippen MR) is 66.5 cm³/mol. The fourth-order valence-corrected chi connectivity index (χ4v) is 2.23. The summed E-state index contributed by atoms with van der Waals surface area (Å²) < 4.78 is 0. The number of carboxylic acids is 1. The number of rotatable bonds is 5. The van der Waals surface area contributed by atoms with Crippen LogP contribution in [0.2, 0.25) is 0 Å². The summed E-state index contributed by atoms with van der Waals surface area (Å²) in [6, 6.07) is 8.01. The van der Waals surface area contributed by atoms with E-state index in [1.54, 1.807) is 12.1 Å². The molecule has 2 aliphatic rings. The van der Waals surface area contributed by atoms with Crippen molar-refractivity contribution in [1.82, 2.24) is 0 Å². The van der Waals surface area contributed by atoms with Gasteiger partial charge in [-0.05, 0) is 55.9 Å². The number of benzene rings is 1. The first-order valence-corrected chi connectivity index (χ1v) is 6.34. The zero-order valence-corrected chi connectivity index (χ0v) is 9.80. The smallest absolute Gasteiger partial charge is 0.335 e. The second kappa shape index (κ2) is 4.06. The largest absolute Gasteiger partial charge is 0.478 e. The molecule has 0 aliphatic heterocycles. The number of carbonyl (C=O) groups is 1. The number of hydrogen-bond acceptors (Lipinski definition) is 2. The van der Waals surface area contributed by atoms with Gasteiger partial charge in [0.1, 0.15) is 0 Å². The van der Waals surface area contributed by atoms with Gasteiger partial charge in [0, 0.05) is 18.3 Å². The summed E-state index contributed by atoms with van der Waals surface area (Å²) in [5.74, 6) is 0.0199. The van der Waals surface area contributed by atoms with E-state index in [1.165, 1.54) is 31.4 Å². The van der Waals surface area contributed by atoms with Gasteiger partial charge in [0.2, 0.25) is 0 Å². The summed E-state index contributed by atoms with van der Waals surface area (Å²) in [6.45, 7) is 1.15. The zero-order valence-electron chi connectivity index (χ0n) is 9.80. The minimum atomic E-state index is -0.850. The number of aromatic carboxylic acids is 1. The van der Waals surface area contributed by atoms with Crippen molar-refractivity contribution in [3.8, 4) is 0 Å². The van der Waals surface area contributed by atoms with Crippen LogP contribution in [-0.4, -0.2) is 23.7 Å². The highest BCUT2D eigenvalue weighted by Gasteiger charge is 2.33. The van der Waals surface area contributed by atoms with Gasteiger partial charge in [-0.3, -0.25) is 0 Å². The zero-order chi connectivity index (χ0) is 11.8. The van der Waals surface area contributed by atoms with Crippen LogP contribution in [0.5, 0.6) is 0 Å². The van der Waals surface area contributed by atoms with E-state index in [-0.39, 0.29) is 0 Å². The van der Waals surface area contributed by atoms with E-state index in [2.05, 4.69) is 4.90 Å². The van der Waals surface area contributed by atoms with E-state index < -0.39 is 5.97 Å². The van der Waals surface area contributed by atoms with Crippen LogP contribution in [0.25, 0.3) is 0 Å². The van der Waals surface area contributed by atoms with Crippen LogP contribution < -0.4 is 4.90 Å². The number of nitrogens with zero attached hydrogens (tertiary/aromatic N) is 1. The van der Waals surface area contributed by atoms with Gasteiger partial charge in [0.05, 0.1) is 5.56 Å². The molecular weight excluding hydrogens is 214 g/mol. The monoisotopic (exact) mass is 231 g/mol. The number of hydrogen-bond donors (Lipinski definition) is 1. The maximum atomic E-state index is 10.8. The minimum Gasteiger partial charge on any atom is -0.478 e. The van der Waals surface area contributed by atoms with E-state index in [9.17, 15) is 4.79 Å². The molecule has 2 saturated carbocycles. The van der Waals surface area contributed by atoms with Crippen LogP contribution in [0.1, 0.15) is 36.0 Å². The molecule has 0 saturated heterocycles. The van der Waals surface area contributed by atoms with Crippen LogP contribution in [0.4, 0.5) is 5.69 Å². The minimum absolute atomic E-state index is 0.371. The van der Waals surface area contributed by atoms with Crippen molar-refractivity contribution in [3.05, 3.63) is 29.8 Å². The standard InChI is InChI=1S/C14H17NO2/c16-14(17)11-3-5-12(6-4-11)15(13-7-8-13)9-10-1-2-10/h3-6,10,13H,1-2,7-9H2,(H,16,17). The normalized spacial score (nSPS) is 19.1. The molecule has 90 valence electrons. The Morgan fingerprint density at radius 1 is 1.18 bits per heavy atom. The first kappa shape index (κ1) is 10.6. The van der Waals surface area contributed by atoms with Gasteiger partial charge in [0.25, 0.3) is 0 Å². The van der Waals surface area contributed by atoms with Crippen LogP contribution in [0.3, 0.4) is 0 Å². The molecule has 1 aromatic rings. The van der Waals surface area contributed by atoms with Gasteiger partial charge in [-0.15, -0.1) is 0 Å². The number of anilines is 1. The average Bonchev–Trinajstić information content (AvgIpc) is 3.18. The summed E-state index contributed by atoms with van der Waals surface area (Å²) >= 11 is 0. The Hall–Kier alpha value is -1.51. The average molecular weight is 231 g/mol. The summed E-state index contributed by atoms with van der Waals surface area (Å²) in [5.41, 5.74) is 1.56. The third-order valence-corrected chi connectivity index (χ3v) is 3.59. The quantitative estimate of drug-likeness (QED) is 0.847. The SMILES string of the molecule is O=C(O)c1ccc(N(CC2CC2)C2CC2)cc1. The van der Waals surface area contributed by atoms with Gasteiger partial charge in [-0.1, -0.05) is 0 Å². The molecule has 17 heavy (non-hydrogen) atoms. The van der Waals surface area contributed by atoms with Gasteiger partial charge < -0.3 is 10.0 Å². The lowest BCUT2D eigenvalue weighted by atomic mass is 10.2. The molecule has 1 N–H and O–H groups in total. The van der Waals surface area contributed by atoms with Crippen LogP contribution in [-0.2, 0) is 0 Å². The molecule has 1 aromatic carbocycles. The Morgan fingerprint density at radius 2 is 1.82 bits per heavy atom. The lowest BCUT2D eigenvalue weighted by Gasteiger charge is -2.24. The van der Waals surface area contributed by atoms with E-state index in [1.807, 2.05) is 12.1 Å². The Kier molecular flexibility index (Phi) is 2.54. The Balaban J connectivity index is 1.77. The van der Waals surface area contributed by atoms with Crippen LogP contribution in [0.15, 0.2) is 24.3 Å². The molecule has 0 unspecified atom stereocenters. The molecule has 2 aliphatic carbocycles. The maximum absolute atomic E-state index is 10.8. The molecule has 0 aromatic heterocycles. The molecule has 0 amide bonds. The molecule has 3 heteroatoms. The van der Waals surface area contributed by atoms with Crippen molar-refractivity contribution in [2.75, 3.05) is 11.4 Å². The molecular formula is C14H17NO2. The summed E-state index contributed by atoms with van der Waals surface area (Å²) in [6.07, 6.45) is 5.29. The van der Waals surface area contributed by atoms with Gasteiger partial charge in [-0.2, -0.15) is 0 Å². The van der Waals surface area contributed by atoms with Crippen molar-refractivity contribution in [2.24, 2.45) is 5.92 Å². The molecule has 0 heterocycles. The Bertz CT molecular complexity index is 418. The molecule has 3 nitrogen and oxygen atoms in total. The summed E-state index contributed by atoms with van der Waals surface area (Å²) in [5, 5.41) is 8.88. The van der Waals surface area contributed by atoms with E-state index in [0.29, 0.717) is 11.6 Å². The Labute approximate surface area is 101 Å².